The minimum Gasteiger partial charge on any atom is -0.465 e. The van der Waals surface area contributed by atoms with Gasteiger partial charge < -0.3 is 15.4 Å². The molecule has 0 aliphatic heterocycles. The first-order chi connectivity index (χ1) is 11.4. The number of rotatable bonds is 7. The molecular weight excluding hydrogens is 337 g/mol. The maximum Gasteiger partial charge on any atom is 0.338 e. The SMILES string of the molecule is COC(=O)c1cc(F)c(NC(=O)CCl)c(NCC2(CC#N)CC2)c1. The van der Waals surface area contributed by atoms with Gasteiger partial charge in [0, 0.05) is 18.4 Å². The van der Waals surface area contributed by atoms with Gasteiger partial charge in [0.2, 0.25) is 5.91 Å². The number of anilines is 2. The number of ether oxygens (including phenoxy) is 1. The van der Waals surface area contributed by atoms with Crippen LogP contribution in [0.15, 0.2) is 12.1 Å². The first-order valence-corrected chi connectivity index (χ1v) is 7.86. The smallest absolute Gasteiger partial charge is 0.338 e. The van der Waals surface area contributed by atoms with Crippen LogP contribution in [0.4, 0.5) is 15.8 Å². The zero-order valence-corrected chi connectivity index (χ0v) is 13.9. The molecule has 128 valence electrons. The van der Waals surface area contributed by atoms with Crippen molar-refractivity contribution in [3.63, 3.8) is 0 Å². The Labute approximate surface area is 143 Å². The first-order valence-electron chi connectivity index (χ1n) is 7.33. The van der Waals surface area contributed by atoms with Crippen LogP contribution in [-0.4, -0.2) is 31.4 Å². The molecule has 1 saturated carbocycles. The number of hydrogen-bond acceptors (Lipinski definition) is 5. The minimum absolute atomic E-state index is 0.0199. The Bertz CT molecular complexity index is 699. The van der Waals surface area contributed by atoms with Crippen LogP contribution in [0.2, 0.25) is 0 Å². The number of nitrogens with zero attached hydrogens (tertiary/aromatic N) is 1. The van der Waals surface area contributed by atoms with E-state index in [2.05, 4.69) is 21.4 Å². The highest BCUT2D eigenvalue weighted by atomic mass is 35.5. The van der Waals surface area contributed by atoms with Gasteiger partial charge in [0.15, 0.2) is 0 Å². The number of esters is 1. The van der Waals surface area contributed by atoms with E-state index >= 15 is 0 Å². The number of carbonyl (C=O) groups is 2. The first kappa shape index (κ1) is 18.0. The van der Waals surface area contributed by atoms with Crippen LogP contribution in [0.3, 0.4) is 0 Å². The van der Waals surface area contributed by atoms with Crippen molar-refractivity contribution in [2.24, 2.45) is 5.41 Å². The van der Waals surface area contributed by atoms with Gasteiger partial charge in [0.25, 0.3) is 0 Å². The van der Waals surface area contributed by atoms with Crippen LogP contribution in [0.5, 0.6) is 0 Å². The molecule has 1 amide bonds. The summed E-state index contributed by atoms with van der Waals surface area (Å²) in [5.74, 6) is -2.35. The molecule has 0 radical (unpaired) electrons. The second kappa shape index (κ2) is 7.49. The van der Waals surface area contributed by atoms with Crippen molar-refractivity contribution in [2.45, 2.75) is 19.3 Å². The molecule has 1 fully saturated rings. The molecule has 6 nitrogen and oxygen atoms in total. The van der Waals surface area contributed by atoms with E-state index in [0.29, 0.717) is 13.0 Å². The highest BCUT2D eigenvalue weighted by Gasteiger charge is 2.42. The molecular formula is C16H17ClFN3O3. The van der Waals surface area contributed by atoms with Crippen molar-refractivity contribution in [2.75, 3.05) is 30.2 Å². The molecule has 1 aliphatic carbocycles. The lowest BCUT2D eigenvalue weighted by Crippen LogP contribution is -2.20. The highest BCUT2D eigenvalue weighted by Crippen LogP contribution is 2.48. The van der Waals surface area contributed by atoms with Crippen molar-refractivity contribution in [1.29, 1.82) is 5.26 Å². The van der Waals surface area contributed by atoms with E-state index < -0.39 is 17.7 Å². The lowest BCUT2D eigenvalue weighted by molar-refractivity contribution is -0.113. The number of alkyl halides is 1. The van der Waals surface area contributed by atoms with Crippen LogP contribution in [0, 0.1) is 22.6 Å². The summed E-state index contributed by atoms with van der Waals surface area (Å²) in [7, 11) is 1.20. The van der Waals surface area contributed by atoms with Crippen LogP contribution in [0.25, 0.3) is 0 Å². The molecule has 0 saturated heterocycles. The summed E-state index contributed by atoms with van der Waals surface area (Å²) in [6.07, 6.45) is 2.19. The third-order valence-electron chi connectivity index (χ3n) is 3.96. The van der Waals surface area contributed by atoms with E-state index in [-0.39, 0.29) is 28.2 Å². The van der Waals surface area contributed by atoms with Crippen LogP contribution < -0.4 is 10.6 Å². The Morgan fingerprint density at radius 2 is 2.17 bits per heavy atom. The van der Waals surface area contributed by atoms with Gasteiger partial charge >= 0.3 is 5.97 Å². The molecule has 2 N–H and O–H groups in total. The molecule has 0 aromatic heterocycles. The van der Waals surface area contributed by atoms with Crippen molar-refractivity contribution in [3.05, 3.63) is 23.5 Å². The Morgan fingerprint density at radius 3 is 2.71 bits per heavy atom. The summed E-state index contributed by atoms with van der Waals surface area (Å²) in [5, 5.41) is 14.3. The van der Waals surface area contributed by atoms with Crippen molar-refractivity contribution < 1.29 is 18.7 Å². The number of nitriles is 1. The van der Waals surface area contributed by atoms with E-state index in [1.165, 1.54) is 13.2 Å². The minimum atomic E-state index is -0.774. The molecule has 0 bridgehead atoms. The van der Waals surface area contributed by atoms with Crippen LogP contribution >= 0.6 is 11.6 Å². The van der Waals surface area contributed by atoms with Gasteiger partial charge in [-0.3, -0.25) is 4.79 Å². The maximum absolute atomic E-state index is 14.3. The van der Waals surface area contributed by atoms with Crippen molar-refractivity contribution in [1.82, 2.24) is 0 Å². The van der Waals surface area contributed by atoms with Gasteiger partial charge in [-0.05, 0) is 25.0 Å². The molecule has 2 rings (SSSR count). The molecule has 0 heterocycles. The molecule has 0 spiro atoms. The van der Waals surface area contributed by atoms with Gasteiger partial charge in [0.05, 0.1) is 24.4 Å². The van der Waals surface area contributed by atoms with E-state index in [0.717, 1.165) is 18.9 Å². The number of nitrogens with one attached hydrogen (secondary N) is 2. The van der Waals surface area contributed by atoms with Gasteiger partial charge in [0.1, 0.15) is 17.4 Å². The molecule has 24 heavy (non-hydrogen) atoms. The molecule has 1 aromatic carbocycles. The summed E-state index contributed by atoms with van der Waals surface area (Å²) in [6, 6.07) is 4.53. The summed E-state index contributed by atoms with van der Waals surface area (Å²) >= 11 is 5.45. The summed E-state index contributed by atoms with van der Waals surface area (Å²) in [4.78, 5) is 23.2. The maximum atomic E-state index is 14.3. The largest absolute Gasteiger partial charge is 0.465 e. The Balaban J connectivity index is 2.29. The second-order valence-corrected chi connectivity index (χ2v) is 6.01. The fourth-order valence-electron chi connectivity index (χ4n) is 2.32. The Kier molecular flexibility index (Phi) is 5.62. The zero-order valence-electron chi connectivity index (χ0n) is 13.1. The third kappa shape index (κ3) is 4.15. The predicted molar refractivity (Wildman–Crippen MR) is 87.5 cm³/mol. The normalized spacial score (nSPS) is 14.4. The van der Waals surface area contributed by atoms with Gasteiger partial charge in [-0.1, -0.05) is 0 Å². The van der Waals surface area contributed by atoms with Gasteiger partial charge in [-0.2, -0.15) is 5.26 Å². The van der Waals surface area contributed by atoms with E-state index in [1.807, 2.05) is 0 Å². The Hall–Kier alpha value is -2.33. The quantitative estimate of drug-likeness (QED) is 0.581. The lowest BCUT2D eigenvalue weighted by atomic mass is 10.0. The Morgan fingerprint density at radius 1 is 1.46 bits per heavy atom. The highest BCUT2D eigenvalue weighted by molar-refractivity contribution is 6.29. The molecule has 1 aliphatic rings. The van der Waals surface area contributed by atoms with E-state index in [1.54, 1.807) is 0 Å². The average molecular weight is 354 g/mol. The van der Waals surface area contributed by atoms with E-state index in [4.69, 9.17) is 16.9 Å². The van der Waals surface area contributed by atoms with Crippen molar-refractivity contribution >= 4 is 34.9 Å². The molecule has 0 atom stereocenters. The summed E-state index contributed by atoms with van der Waals surface area (Å²) in [5.41, 5.74) is 0.0472. The fourth-order valence-corrected chi connectivity index (χ4v) is 2.39. The number of benzene rings is 1. The van der Waals surface area contributed by atoms with Crippen LogP contribution in [0.1, 0.15) is 29.6 Å². The topological polar surface area (TPSA) is 91.2 Å². The van der Waals surface area contributed by atoms with Crippen molar-refractivity contribution in [3.8, 4) is 6.07 Å². The summed E-state index contributed by atoms with van der Waals surface area (Å²) < 4.78 is 18.9. The summed E-state index contributed by atoms with van der Waals surface area (Å²) in [6.45, 7) is 0.439. The molecule has 1 aromatic rings. The zero-order chi connectivity index (χ0) is 17.7. The fraction of sp³-hybridized carbons (Fsp3) is 0.438. The monoisotopic (exact) mass is 353 g/mol. The van der Waals surface area contributed by atoms with E-state index in [9.17, 15) is 14.0 Å². The lowest BCUT2D eigenvalue weighted by Gasteiger charge is -2.18. The number of halogens is 2. The third-order valence-corrected chi connectivity index (χ3v) is 4.20. The number of hydrogen-bond donors (Lipinski definition) is 2. The second-order valence-electron chi connectivity index (χ2n) is 5.74. The molecule has 0 unspecified atom stereocenters. The van der Waals surface area contributed by atoms with Gasteiger partial charge in [-0.25, -0.2) is 9.18 Å². The van der Waals surface area contributed by atoms with Gasteiger partial charge in [-0.15, -0.1) is 11.6 Å². The predicted octanol–water partition coefficient (Wildman–Crippen LogP) is 2.90. The standard InChI is InChI=1S/C16H17ClFN3O3/c1-24-15(23)10-6-11(18)14(21-13(22)8-17)12(7-10)20-9-16(2-3-16)4-5-19/h6-7,20H,2-4,8-9H2,1H3,(H,21,22). The molecule has 8 heteroatoms. The average Bonchev–Trinajstić information content (AvgIpc) is 3.34. The number of methoxy groups -OCH3 is 1. The number of carbonyl (C=O) groups excluding carboxylic acids is 2. The number of amides is 1. The van der Waals surface area contributed by atoms with Crippen LogP contribution in [-0.2, 0) is 9.53 Å².